The van der Waals surface area contributed by atoms with E-state index in [0.717, 1.165) is 32.4 Å². The highest BCUT2D eigenvalue weighted by Crippen LogP contribution is 2.05. The van der Waals surface area contributed by atoms with Crippen LogP contribution in [-0.2, 0) is 9.59 Å². The van der Waals surface area contributed by atoms with Gasteiger partial charge in [-0.2, -0.15) is 0 Å². The maximum atomic E-state index is 12.1. The van der Waals surface area contributed by atoms with Crippen LogP contribution >= 0.6 is 0 Å². The number of carbonyl (C=O) groups is 2. The minimum absolute atomic E-state index is 0.0254. The standard InChI is InChI=1S/C18H39N7O4/c19-7-5-9-22-8-3-4-10-23-17(29)15(13-26)25-16(28)12-14(27)6-1-2-11-24-18(20)21/h14-15,22,26-27H,1-13,19H2,(H,23,29)(H,25,28)(H4,20,21,24). The molecule has 0 aliphatic heterocycles. The highest BCUT2D eigenvalue weighted by atomic mass is 16.3. The first-order valence-electron chi connectivity index (χ1n) is 10.2. The monoisotopic (exact) mass is 417 g/mol. The zero-order chi connectivity index (χ0) is 21.9. The number of aliphatic imine (C=N–C) groups is 1. The summed E-state index contributed by atoms with van der Waals surface area (Å²) in [7, 11) is 0. The number of amides is 2. The average molecular weight is 418 g/mol. The number of aliphatic hydroxyl groups excluding tert-OH is 2. The minimum atomic E-state index is -1.03. The van der Waals surface area contributed by atoms with Crippen molar-refractivity contribution in [2.45, 2.75) is 57.1 Å². The molecule has 11 nitrogen and oxygen atoms in total. The maximum Gasteiger partial charge on any atom is 0.244 e. The van der Waals surface area contributed by atoms with Gasteiger partial charge in [0.05, 0.1) is 19.1 Å². The number of guanidine groups is 1. The SMILES string of the molecule is NCCCNCCCCNC(=O)C(CO)NC(=O)CC(O)CCCCN=C(N)N. The largest absolute Gasteiger partial charge is 0.394 e. The Morgan fingerprint density at radius 2 is 1.69 bits per heavy atom. The van der Waals surface area contributed by atoms with Gasteiger partial charge < -0.3 is 43.4 Å². The van der Waals surface area contributed by atoms with Crippen LogP contribution < -0.4 is 33.2 Å². The van der Waals surface area contributed by atoms with Crippen LogP contribution in [0.2, 0.25) is 0 Å². The number of nitrogens with zero attached hydrogens (tertiary/aromatic N) is 1. The van der Waals surface area contributed by atoms with E-state index in [1.54, 1.807) is 0 Å². The fourth-order valence-electron chi connectivity index (χ4n) is 2.53. The van der Waals surface area contributed by atoms with E-state index in [-0.39, 0.29) is 12.4 Å². The fourth-order valence-corrected chi connectivity index (χ4v) is 2.53. The van der Waals surface area contributed by atoms with Crippen molar-refractivity contribution in [3.63, 3.8) is 0 Å². The third kappa shape index (κ3) is 16.7. The van der Waals surface area contributed by atoms with E-state index < -0.39 is 30.6 Å². The Balaban J connectivity index is 3.93. The molecule has 0 aromatic heterocycles. The van der Waals surface area contributed by atoms with E-state index in [4.69, 9.17) is 17.2 Å². The van der Waals surface area contributed by atoms with Crippen molar-refractivity contribution in [2.24, 2.45) is 22.2 Å². The first kappa shape index (κ1) is 27.0. The molecular formula is C18H39N7O4. The number of hydrogen-bond acceptors (Lipinski definition) is 7. The zero-order valence-electron chi connectivity index (χ0n) is 17.2. The summed E-state index contributed by atoms with van der Waals surface area (Å²) in [6.45, 7) is 2.81. The van der Waals surface area contributed by atoms with Crippen LogP contribution in [0.3, 0.4) is 0 Å². The summed E-state index contributed by atoms with van der Waals surface area (Å²) in [5, 5.41) is 27.7. The van der Waals surface area contributed by atoms with E-state index in [9.17, 15) is 19.8 Å². The summed E-state index contributed by atoms with van der Waals surface area (Å²) in [5.41, 5.74) is 15.8. The van der Waals surface area contributed by atoms with Gasteiger partial charge in [0.1, 0.15) is 6.04 Å². The van der Waals surface area contributed by atoms with Gasteiger partial charge in [0.2, 0.25) is 11.8 Å². The Labute approximate surface area is 172 Å². The lowest BCUT2D eigenvalue weighted by atomic mass is 10.1. The van der Waals surface area contributed by atoms with E-state index >= 15 is 0 Å². The minimum Gasteiger partial charge on any atom is -0.394 e. The Kier molecular flexibility index (Phi) is 16.9. The molecule has 29 heavy (non-hydrogen) atoms. The summed E-state index contributed by atoms with van der Waals surface area (Å²) in [6, 6.07) is -1.03. The van der Waals surface area contributed by atoms with Crippen molar-refractivity contribution < 1.29 is 19.8 Å². The van der Waals surface area contributed by atoms with Crippen LogP contribution in [0.4, 0.5) is 0 Å². The fraction of sp³-hybridized carbons (Fsp3) is 0.833. The number of aliphatic hydroxyl groups is 2. The van der Waals surface area contributed by atoms with Crippen molar-refractivity contribution in [3.8, 4) is 0 Å². The molecule has 0 aliphatic rings. The first-order valence-corrected chi connectivity index (χ1v) is 10.2. The average Bonchev–Trinajstić information content (AvgIpc) is 2.67. The third-order valence-electron chi connectivity index (χ3n) is 4.13. The van der Waals surface area contributed by atoms with E-state index in [1.807, 2.05) is 0 Å². The number of hydrogen-bond donors (Lipinski definition) is 8. The summed E-state index contributed by atoms with van der Waals surface area (Å²) in [4.78, 5) is 27.9. The second-order valence-corrected chi connectivity index (χ2v) is 6.85. The number of nitrogens with two attached hydrogens (primary N) is 3. The Bertz CT molecular complexity index is 473. The molecule has 2 amide bonds. The van der Waals surface area contributed by atoms with Crippen LogP contribution in [0.1, 0.15) is 44.9 Å². The lowest BCUT2D eigenvalue weighted by molar-refractivity contribution is -0.131. The van der Waals surface area contributed by atoms with Gasteiger partial charge in [-0.15, -0.1) is 0 Å². The van der Waals surface area contributed by atoms with Crippen molar-refractivity contribution in [1.82, 2.24) is 16.0 Å². The molecule has 0 radical (unpaired) electrons. The number of carbonyl (C=O) groups excluding carboxylic acids is 2. The van der Waals surface area contributed by atoms with Crippen molar-refractivity contribution in [1.29, 1.82) is 0 Å². The molecule has 0 spiro atoms. The molecule has 0 fully saturated rings. The quantitative estimate of drug-likeness (QED) is 0.0678. The zero-order valence-corrected chi connectivity index (χ0v) is 17.2. The molecule has 11 heteroatoms. The van der Waals surface area contributed by atoms with Crippen molar-refractivity contribution >= 4 is 17.8 Å². The summed E-state index contributed by atoms with van der Waals surface area (Å²) >= 11 is 0. The first-order chi connectivity index (χ1) is 13.9. The van der Waals surface area contributed by atoms with Crippen LogP contribution in [0.25, 0.3) is 0 Å². The highest BCUT2D eigenvalue weighted by Gasteiger charge is 2.20. The third-order valence-corrected chi connectivity index (χ3v) is 4.13. The molecule has 0 bridgehead atoms. The van der Waals surface area contributed by atoms with Gasteiger partial charge in [-0.1, -0.05) is 0 Å². The van der Waals surface area contributed by atoms with Gasteiger partial charge in [-0.05, 0) is 58.2 Å². The highest BCUT2D eigenvalue weighted by molar-refractivity contribution is 5.87. The lowest BCUT2D eigenvalue weighted by Crippen LogP contribution is -2.49. The van der Waals surface area contributed by atoms with Crippen LogP contribution in [0.15, 0.2) is 4.99 Å². The predicted molar refractivity (Wildman–Crippen MR) is 113 cm³/mol. The Morgan fingerprint density at radius 3 is 2.34 bits per heavy atom. The van der Waals surface area contributed by atoms with Gasteiger partial charge in [0.25, 0.3) is 0 Å². The molecule has 0 rings (SSSR count). The second kappa shape index (κ2) is 18.1. The topological polar surface area (TPSA) is 201 Å². The van der Waals surface area contributed by atoms with Crippen LogP contribution in [0.5, 0.6) is 0 Å². The van der Waals surface area contributed by atoms with Crippen molar-refractivity contribution in [2.75, 3.05) is 39.3 Å². The van der Waals surface area contributed by atoms with Gasteiger partial charge >= 0.3 is 0 Å². The van der Waals surface area contributed by atoms with Gasteiger partial charge in [-0.25, -0.2) is 0 Å². The second-order valence-electron chi connectivity index (χ2n) is 6.85. The molecule has 0 saturated heterocycles. The number of rotatable bonds is 18. The predicted octanol–water partition coefficient (Wildman–Crippen LogP) is -2.51. The molecule has 2 atom stereocenters. The van der Waals surface area contributed by atoms with Gasteiger partial charge in [-0.3, -0.25) is 14.6 Å². The van der Waals surface area contributed by atoms with Crippen molar-refractivity contribution in [3.05, 3.63) is 0 Å². The van der Waals surface area contributed by atoms with E-state index in [2.05, 4.69) is 20.9 Å². The smallest absolute Gasteiger partial charge is 0.244 e. The van der Waals surface area contributed by atoms with Gasteiger partial charge in [0, 0.05) is 13.1 Å². The maximum absolute atomic E-state index is 12.1. The van der Waals surface area contributed by atoms with E-state index in [1.165, 1.54) is 0 Å². The Morgan fingerprint density at radius 1 is 1.00 bits per heavy atom. The summed E-state index contributed by atoms with van der Waals surface area (Å²) in [5.74, 6) is -0.902. The molecular weight excluding hydrogens is 378 g/mol. The van der Waals surface area contributed by atoms with Gasteiger partial charge in [0.15, 0.2) is 5.96 Å². The van der Waals surface area contributed by atoms with Crippen LogP contribution in [0, 0.1) is 0 Å². The number of unbranched alkanes of at least 4 members (excludes halogenated alkanes) is 2. The summed E-state index contributed by atoms with van der Waals surface area (Å²) in [6.07, 6.45) is 3.42. The van der Waals surface area contributed by atoms with E-state index in [0.29, 0.717) is 38.9 Å². The molecule has 11 N–H and O–H groups in total. The number of nitrogens with one attached hydrogen (secondary N) is 3. The molecule has 2 unspecified atom stereocenters. The molecule has 0 heterocycles. The molecule has 0 aliphatic carbocycles. The molecule has 0 aromatic carbocycles. The lowest BCUT2D eigenvalue weighted by Gasteiger charge is -2.17. The molecule has 0 saturated carbocycles. The Hall–Kier alpha value is -1.95. The summed E-state index contributed by atoms with van der Waals surface area (Å²) < 4.78 is 0. The molecule has 170 valence electrons. The normalized spacial score (nSPS) is 12.8. The van der Waals surface area contributed by atoms with Crippen LogP contribution in [-0.4, -0.2) is 79.5 Å². The molecule has 0 aromatic rings.